The Balaban J connectivity index is 1.97. The molecule has 0 aliphatic carbocycles. The Kier molecular flexibility index (Phi) is 13.4. The summed E-state index contributed by atoms with van der Waals surface area (Å²) in [5.74, 6) is 0.0587. The van der Waals surface area contributed by atoms with Crippen LogP contribution in [-0.4, -0.2) is 47.2 Å². The number of rotatable bonds is 16. The fourth-order valence-corrected chi connectivity index (χ4v) is 6.26. The smallest absolute Gasteiger partial charge is 0.172 e. The van der Waals surface area contributed by atoms with Crippen LogP contribution in [0.1, 0.15) is 73.3 Å². The highest BCUT2D eigenvalue weighted by Gasteiger charge is 2.45. The van der Waals surface area contributed by atoms with Crippen LogP contribution in [0.5, 0.6) is 0 Å². The van der Waals surface area contributed by atoms with Crippen molar-refractivity contribution >= 4 is 35.3 Å². The van der Waals surface area contributed by atoms with Crippen LogP contribution in [0.15, 0.2) is 58.9 Å². The van der Waals surface area contributed by atoms with Gasteiger partial charge in [-0.2, -0.15) is 15.8 Å². The van der Waals surface area contributed by atoms with Gasteiger partial charge < -0.3 is 25.0 Å². The molecule has 1 aromatic heterocycles. The predicted molar refractivity (Wildman–Crippen MR) is 175 cm³/mol. The van der Waals surface area contributed by atoms with E-state index in [2.05, 4.69) is 19.9 Å². The van der Waals surface area contributed by atoms with Gasteiger partial charge in [0.2, 0.25) is 0 Å². The number of benzene rings is 1. The predicted octanol–water partition coefficient (Wildman–Crippen LogP) is 6.49. The minimum atomic E-state index is -0.808. The maximum atomic E-state index is 10.2. The molecule has 2 aromatic rings. The summed E-state index contributed by atoms with van der Waals surface area (Å²) >= 11 is 1.51. The number of hydrogen-bond acceptors (Lipinski definition) is 9. The number of aliphatic hydroxyl groups is 3. The van der Waals surface area contributed by atoms with Crippen molar-refractivity contribution in [1.82, 2.24) is 0 Å². The normalized spacial score (nSPS) is 14.1. The number of nitriles is 3. The van der Waals surface area contributed by atoms with Gasteiger partial charge in [-0.15, -0.1) is 11.3 Å². The Hall–Kier alpha value is -4.17. The van der Waals surface area contributed by atoms with Gasteiger partial charge in [-0.3, -0.25) is 0 Å². The Bertz CT molecular complexity index is 1480. The molecule has 1 aliphatic heterocycles. The molecule has 0 radical (unpaired) electrons. The summed E-state index contributed by atoms with van der Waals surface area (Å²) in [5.41, 5.74) is 2.52. The van der Waals surface area contributed by atoms with Gasteiger partial charge in [0.15, 0.2) is 11.3 Å². The van der Waals surface area contributed by atoms with Gasteiger partial charge >= 0.3 is 0 Å². The zero-order chi connectivity index (χ0) is 32.0. The first-order valence-electron chi connectivity index (χ1n) is 15.0. The van der Waals surface area contributed by atoms with E-state index in [-0.39, 0.29) is 36.7 Å². The molecule has 44 heavy (non-hydrogen) atoms. The number of aliphatic hydroxyl groups excluding tert-OH is 3. The van der Waals surface area contributed by atoms with E-state index in [4.69, 9.17) is 4.74 Å². The third-order valence-corrected chi connectivity index (χ3v) is 8.69. The molecule has 9 heteroatoms. The maximum absolute atomic E-state index is 10.2. The fourth-order valence-electron chi connectivity index (χ4n) is 5.28. The molecule has 230 valence electrons. The second-order valence-corrected chi connectivity index (χ2v) is 11.6. The Morgan fingerprint density at radius 3 is 2.07 bits per heavy atom. The molecular formula is C35H40N4O4S. The number of allylic oxidation sites excluding steroid dienone is 2. The van der Waals surface area contributed by atoms with E-state index in [0.29, 0.717) is 31.5 Å². The van der Waals surface area contributed by atoms with E-state index in [1.165, 1.54) is 11.3 Å². The van der Waals surface area contributed by atoms with Gasteiger partial charge in [0.25, 0.3) is 0 Å². The lowest BCUT2D eigenvalue weighted by Crippen LogP contribution is -2.30. The Labute approximate surface area is 264 Å². The van der Waals surface area contributed by atoms with E-state index in [9.17, 15) is 31.1 Å². The number of anilines is 1. The maximum Gasteiger partial charge on any atom is 0.172 e. The molecule has 8 nitrogen and oxygen atoms in total. The first-order valence-corrected chi connectivity index (χ1v) is 15.8. The van der Waals surface area contributed by atoms with E-state index in [1.54, 1.807) is 0 Å². The van der Waals surface area contributed by atoms with Crippen LogP contribution in [0.4, 0.5) is 5.69 Å². The quantitative estimate of drug-likeness (QED) is 0.183. The molecule has 0 spiro atoms. The van der Waals surface area contributed by atoms with Crippen molar-refractivity contribution in [2.24, 2.45) is 0 Å². The van der Waals surface area contributed by atoms with Crippen molar-refractivity contribution in [1.29, 1.82) is 15.8 Å². The molecule has 0 fully saturated rings. The number of thiophene rings is 1. The van der Waals surface area contributed by atoms with Crippen LogP contribution in [0, 0.1) is 34.0 Å². The largest absolute Gasteiger partial charge is 0.479 e. The highest BCUT2D eigenvalue weighted by molar-refractivity contribution is 7.14. The molecule has 0 atom stereocenters. The van der Waals surface area contributed by atoms with E-state index in [0.717, 1.165) is 52.3 Å². The average molecular weight is 613 g/mol. The second-order valence-electron chi connectivity index (χ2n) is 10.5. The molecular weight excluding hydrogens is 572 g/mol. The van der Waals surface area contributed by atoms with Gasteiger partial charge in [0.1, 0.15) is 29.4 Å². The number of unbranched alkanes of at least 4 members (excludes halogenated alkanes) is 2. The Morgan fingerprint density at radius 2 is 1.55 bits per heavy atom. The molecule has 0 unspecified atom stereocenters. The third-order valence-electron chi connectivity index (χ3n) is 7.59. The SMILES string of the molecule is CCCCC1(CCCC)OC(=C(C#N)C#N)C(C#N)=C1/C=C/c1sc(/C=C/c2ccc(N(CCO)CCO)cc2)cc1CO. The van der Waals surface area contributed by atoms with E-state index >= 15 is 0 Å². The molecule has 0 saturated heterocycles. The van der Waals surface area contributed by atoms with Gasteiger partial charge in [-0.25, -0.2) is 0 Å². The van der Waals surface area contributed by atoms with Crippen molar-refractivity contribution in [3.8, 4) is 18.2 Å². The van der Waals surface area contributed by atoms with Crippen molar-refractivity contribution in [3.63, 3.8) is 0 Å². The molecule has 1 aromatic carbocycles. The Morgan fingerprint density at radius 1 is 0.909 bits per heavy atom. The van der Waals surface area contributed by atoms with Crippen molar-refractivity contribution in [2.45, 2.75) is 64.6 Å². The lowest BCUT2D eigenvalue weighted by Gasteiger charge is -2.31. The monoisotopic (exact) mass is 612 g/mol. The van der Waals surface area contributed by atoms with E-state index < -0.39 is 5.60 Å². The van der Waals surface area contributed by atoms with Crippen LogP contribution in [0.2, 0.25) is 0 Å². The highest BCUT2D eigenvalue weighted by Crippen LogP contribution is 2.47. The zero-order valence-corrected chi connectivity index (χ0v) is 26.2. The summed E-state index contributed by atoms with van der Waals surface area (Å²) in [6.45, 7) is 4.92. The van der Waals surface area contributed by atoms with Crippen LogP contribution in [0.25, 0.3) is 18.2 Å². The molecule has 1 aliphatic rings. The van der Waals surface area contributed by atoms with Crippen molar-refractivity contribution in [3.05, 3.63) is 79.8 Å². The number of hydrogen-bond donors (Lipinski definition) is 3. The second kappa shape index (κ2) is 17.2. The molecule has 0 amide bonds. The summed E-state index contributed by atoms with van der Waals surface area (Å²) in [6, 6.07) is 15.8. The summed E-state index contributed by atoms with van der Waals surface area (Å²) < 4.78 is 6.40. The van der Waals surface area contributed by atoms with Crippen molar-refractivity contribution in [2.75, 3.05) is 31.2 Å². The van der Waals surface area contributed by atoms with Crippen LogP contribution in [-0.2, 0) is 11.3 Å². The minimum absolute atomic E-state index is 0.00321. The summed E-state index contributed by atoms with van der Waals surface area (Å²) in [7, 11) is 0. The topological polar surface area (TPSA) is 145 Å². The number of nitrogens with zero attached hydrogens (tertiary/aromatic N) is 4. The summed E-state index contributed by atoms with van der Waals surface area (Å²) in [6.07, 6.45) is 12.6. The van der Waals surface area contributed by atoms with Crippen molar-refractivity contribution < 1.29 is 20.1 Å². The molecule has 0 saturated carbocycles. The minimum Gasteiger partial charge on any atom is -0.479 e. The molecule has 3 N–H and O–H groups in total. The van der Waals surface area contributed by atoms with Gasteiger partial charge in [-0.1, -0.05) is 51.0 Å². The molecule has 0 bridgehead atoms. The number of ether oxygens (including phenoxy) is 1. The van der Waals surface area contributed by atoms with Gasteiger partial charge in [-0.05, 0) is 67.2 Å². The zero-order valence-electron chi connectivity index (χ0n) is 25.4. The molecule has 3 rings (SSSR count). The fraction of sp³-hybridized carbons (Fsp3) is 0.400. The molecule has 2 heterocycles. The average Bonchev–Trinajstić information content (AvgIpc) is 3.59. The van der Waals surface area contributed by atoms with Gasteiger partial charge in [0, 0.05) is 34.1 Å². The lowest BCUT2D eigenvalue weighted by atomic mass is 9.82. The van der Waals surface area contributed by atoms with Gasteiger partial charge in [0.05, 0.1) is 19.8 Å². The highest BCUT2D eigenvalue weighted by atomic mass is 32.1. The van der Waals surface area contributed by atoms with E-state index in [1.807, 2.05) is 71.7 Å². The van der Waals surface area contributed by atoms with Crippen LogP contribution in [0.3, 0.4) is 0 Å². The lowest BCUT2D eigenvalue weighted by molar-refractivity contribution is 0.0395. The summed E-state index contributed by atoms with van der Waals surface area (Å²) in [5, 5.41) is 58.1. The first kappa shape index (κ1) is 34.3. The first-order chi connectivity index (χ1) is 21.4. The standard InChI is InChI=1S/C35H40N4O4S/c1-3-5-15-35(16-6-4-2)32(31(24-38)34(43-35)28(22-36)23-37)13-14-33-27(25-42)21-30(44-33)12-9-26-7-10-29(11-8-26)39(17-19-40)18-20-41/h7-14,21,40-42H,3-6,15-20,25H2,1-2H3/b12-9+,14-13+. The summed E-state index contributed by atoms with van der Waals surface area (Å²) in [4.78, 5) is 3.70. The van der Waals surface area contributed by atoms with Crippen LogP contribution >= 0.6 is 11.3 Å². The van der Waals surface area contributed by atoms with Crippen LogP contribution < -0.4 is 4.90 Å². The third kappa shape index (κ3) is 8.26.